The highest BCUT2D eigenvalue weighted by atomic mass is 35.5. The molecule has 1 aliphatic rings. The molecule has 4 aromatic rings. The van der Waals surface area contributed by atoms with Crippen LogP contribution in [0.3, 0.4) is 0 Å². The number of pyridine rings is 1. The quantitative estimate of drug-likeness (QED) is 0.249. The Balaban J connectivity index is 1.59. The van der Waals surface area contributed by atoms with E-state index in [1.165, 1.54) is 10.6 Å². The molecular formula is C28H25ClN4O4. The fourth-order valence-electron chi connectivity index (χ4n) is 4.53. The molecule has 2 aromatic heterocycles. The zero-order chi connectivity index (χ0) is 26.4. The largest absolute Gasteiger partial charge is 0.476 e. The molecule has 0 saturated heterocycles. The summed E-state index contributed by atoms with van der Waals surface area (Å²) in [4.78, 5) is 46.3. The summed E-state index contributed by atoms with van der Waals surface area (Å²) >= 11 is 5.90. The van der Waals surface area contributed by atoms with Crippen LogP contribution < -0.4 is 10.9 Å². The molecule has 0 aliphatic heterocycles. The minimum atomic E-state index is -1.20. The van der Waals surface area contributed by atoms with Gasteiger partial charge in [0.2, 0.25) is 0 Å². The fraction of sp³-hybridized carbons (Fsp3) is 0.250. The minimum absolute atomic E-state index is 0.0799. The number of nitrogens with zero attached hydrogens (tertiary/aromatic N) is 3. The summed E-state index contributed by atoms with van der Waals surface area (Å²) < 4.78 is 1.51. The number of anilines is 1. The first-order chi connectivity index (χ1) is 17.6. The predicted octanol–water partition coefficient (Wildman–Crippen LogP) is 5.42. The average Bonchev–Trinajstić information content (AvgIpc) is 3.72. The lowest BCUT2D eigenvalue weighted by Crippen LogP contribution is -2.22. The zero-order valence-corrected chi connectivity index (χ0v) is 21.3. The molecule has 2 aromatic carbocycles. The van der Waals surface area contributed by atoms with Crippen LogP contribution in [-0.2, 0) is 7.05 Å². The zero-order valence-electron chi connectivity index (χ0n) is 20.6. The molecule has 0 radical (unpaired) electrons. The number of ketones is 1. The van der Waals surface area contributed by atoms with Gasteiger partial charge in [0.15, 0.2) is 11.5 Å². The molecule has 0 bridgehead atoms. The molecule has 1 saturated carbocycles. The van der Waals surface area contributed by atoms with Gasteiger partial charge in [0.05, 0.1) is 22.6 Å². The fourth-order valence-corrected chi connectivity index (χ4v) is 4.68. The molecule has 1 atom stereocenters. The first-order valence-corrected chi connectivity index (χ1v) is 12.3. The Labute approximate surface area is 218 Å². The lowest BCUT2D eigenvalue weighted by molar-refractivity contribution is 0.0691. The van der Waals surface area contributed by atoms with Gasteiger partial charge in [0, 0.05) is 29.7 Å². The Morgan fingerprint density at radius 2 is 1.81 bits per heavy atom. The lowest BCUT2D eigenvalue weighted by atomic mass is 10.00. The number of Topliss-reactive ketones (excluding diaryl/α,β-unsaturated/α-hetero) is 1. The van der Waals surface area contributed by atoms with Gasteiger partial charge in [0.25, 0.3) is 5.56 Å². The van der Waals surface area contributed by atoms with E-state index >= 15 is 0 Å². The van der Waals surface area contributed by atoms with Crippen molar-refractivity contribution in [2.24, 2.45) is 13.0 Å². The maximum Gasteiger partial charge on any atom is 0.356 e. The van der Waals surface area contributed by atoms with Gasteiger partial charge in [-0.25, -0.2) is 14.8 Å². The molecule has 9 heteroatoms. The number of hydrogen-bond acceptors (Lipinski definition) is 6. The van der Waals surface area contributed by atoms with Crippen molar-refractivity contribution in [3.63, 3.8) is 0 Å². The highest BCUT2D eigenvalue weighted by molar-refractivity contribution is 6.29. The van der Waals surface area contributed by atoms with Gasteiger partial charge >= 0.3 is 5.97 Å². The summed E-state index contributed by atoms with van der Waals surface area (Å²) in [6.45, 7) is 3.76. The Hall–Kier alpha value is -4.04. The number of halogens is 1. The van der Waals surface area contributed by atoms with Crippen LogP contribution in [0.5, 0.6) is 0 Å². The number of benzene rings is 2. The van der Waals surface area contributed by atoms with Crippen LogP contribution in [0.15, 0.2) is 53.3 Å². The van der Waals surface area contributed by atoms with Crippen molar-refractivity contribution in [3.05, 3.63) is 86.4 Å². The van der Waals surface area contributed by atoms with Gasteiger partial charge in [-0.15, -0.1) is 0 Å². The number of carbonyl (C=O) groups excluding carboxylic acids is 1. The van der Waals surface area contributed by atoms with E-state index in [2.05, 4.69) is 10.3 Å². The van der Waals surface area contributed by atoms with Crippen molar-refractivity contribution in [2.75, 3.05) is 5.32 Å². The van der Waals surface area contributed by atoms with E-state index in [1.807, 2.05) is 32.0 Å². The van der Waals surface area contributed by atoms with Crippen LogP contribution in [0.25, 0.3) is 22.3 Å². The monoisotopic (exact) mass is 516 g/mol. The van der Waals surface area contributed by atoms with Crippen LogP contribution in [0.1, 0.15) is 57.8 Å². The third kappa shape index (κ3) is 4.72. The first-order valence-electron chi connectivity index (χ1n) is 12.0. The van der Waals surface area contributed by atoms with Crippen molar-refractivity contribution in [2.45, 2.75) is 32.7 Å². The molecule has 5 rings (SSSR count). The second-order valence-electron chi connectivity index (χ2n) is 9.47. The van der Waals surface area contributed by atoms with Gasteiger partial charge in [-0.2, -0.15) is 0 Å². The highest BCUT2D eigenvalue weighted by Crippen LogP contribution is 2.33. The van der Waals surface area contributed by atoms with Crippen molar-refractivity contribution in [3.8, 4) is 11.4 Å². The number of carbonyl (C=O) groups is 2. The Bertz CT molecular complexity index is 1620. The summed E-state index contributed by atoms with van der Waals surface area (Å²) in [5.41, 5.74) is 3.42. The van der Waals surface area contributed by atoms with Crippen molar-refractivity contribution in [1.29, 1.82) is 0 Å². The van der Waals surface area contributed by atoms with E-state index in [-0.39, 0.29) is 28.1 Å². The summed E-state index contributed by atoms with van der Waals surface area (Å²) in [7, 11) is 1.68. The van der Waals surface area contributed by atoms with Crippen molar-refractivity contribution < 1.29 is 14.7 Å². The molecule has 0 amide bonds. The number of aromatic nitrogens is 3. The van der Waals surface area contributed by atoms with Gasteiger partial charge in [-0.3, -0.25) is 14.2 Å². The standard InChI is InChI=1S/C28H25ClN4O4/c1-14-12-19(15(2)30-21-10-11-22(29)31-24(21)28(36)37)23-20(13-14)27(35)33(3)26(32-23)18-8-6-17(7-9-18)25(34)16-4-5-16/h6-13,15-16,30H,4-5H2,1-3H3,(H,36,37)/t15-/m1/s1. The predicted molar refractivity (Wildman–Crippen MR) is 142 cm³/mol. The third-order valence-electron chi connectivity index (χ3n) is 6.63. The van der Waals surface area contributed by atoms with E-state index < -0.39 is 12.0 Å². The molecule has 0 unspecified atom stereocenters. The molecule has 37 heavy (non-hydrogen) atoms. The van der Waals surface area contributed by atoms with Gasteiger partial charge < -0.3 is 10.4 Å². The Morgan fingerprint density at radius 3 is 2.46 bits per heavy atom. The molecule has 0 spiro atoms. The van der Waals surface area contributed by atoms with Crippen LogP contribution in [-0.4, -0.2) is 31.4 Å². The molecule has 188 valence electrons. The number of aromatic carboxylic acids is 1. The number of fused-ring (bicyclic) bond motifs is 1. The van der Waals surface area contributed by atoms with Gasteiger partial charge in [0.1, 0.15) is 11.0 Å². The van der Waals surface area contributed by atoms with Crippen LogP contribution in [0.2, 0.25) is 5.15 Å². The normalized spacial score (nSPS) is 13.9. The van der Waals surface area contributed by atoms with E-state index in [9.17, 15) is 19.5 Å². The maximum absolute atomic E-state index is 13.4. The average molecular weight is 517 g/mol. The number of carboxylic acids is 1. The molecule has 2 N–H and O–H groups in total. The summed E-state index contributed by atoms with van der Waals surface area (Å²) in [6.07, 6.45) is 1.88. The molecule has 2 heterocycles. The van der Waals surface area contributed by atoms with E-state index in [1.54, 1.807) is 31.3 Å². The van der Waals surface area contributed by atoms with Gasteiger partial charge in [-0.05, 0) is 50.5 Å². The molecule has 8 nitrogen and oxygen atoms in total. The summed E-state index contributed by atoms with van der Waals surface area (Å²) in [5, 5.41) is 13.3. The number of aryl methyl sites for hydroxylation is 1. The van der Waals surface area contributed by atoms with Crippen LogP contribution in [0, 0.1) is 12.8 Å². The third-order valence-corrected chi connectivity index (χ3v) is 6.84. The highest BCUT2D eigenvalue weighted by Gasteiger charge is 2.30. The molecular weight excluding hydrogens is 492 g/mol. The minimum Gasteiger partial charge on any atom is -0.476 e. The number of rotatable bonds is 7. The first kappa shape index (κ1) is 24.6. The van der Waals surface area contributed by atoms with Crippen molar-refractivity contribution in [1.82, 2.24) is 14.5 Å². The Kier molecular flexibility index (Phi) is 6.29. The lowest BCUT2D eigenvalue weighted by Gasteiger charge is -2.20. The number of nitrogens with one attached hydrogen (secondary N) is 1. The summed E-state index contributed by atoms with van der Waals surface area (Å²) in [5.74, 6) is -0.447. The molecule has 1 aliphatic carbocycles. The van der Waals surface area contributed by atoms with E-state index in [4.69, 9.17) is 16.6 Å². The van der Waals surface area contributed by atoms with Crippen LogP contribution >= 0.6 is 11.6 Å². The second-order valence-corrected chi connectivity index (χ2v) is 9.85. The van der Waals surface area contributed by atoms with E-state index in [0.29, 0.717) is 28.0 Å². The topological polar surface area (TPSA) is 114 Å². The Morgan fingerprint density at radius 1 is 1.11 bits per heavy atom. The van der Waals surface area contributed by atoms with Gasteiger partial charge in [-0.1, -0.05) is 41.9 Å². The SMILES string of the molecule is Cc1cc([C@@H](C)Nc2ccc(Cl)nc2C(=O)O)c2nc(-c3ccc(C(=O)C4CC4)cc3)n(C)c(=O)c2c1. The second kappa shape index (κ2) is 9.44. The number of carboxylic acid groups (broad SMARTS) is 1. The molecule has 1 fully saturated rings. The number of hydrogen-bond donors (Lipinski definition) is 2. The summed E-state index contributed by atoms with van der Waals surface area (Å²) in [6, 6.07) is 13.6. The maximum atomic E-state index is 13.4. The van der Waals surface area contributed by atoms with E-state index in [0.717, 1.165) is 29.5 Å². The van der Waals surface area contributed by atoms with Crippen molar-refractivity contribution >= 4 is 39.9 Å². The smallest absolute Gasteiger partial charge is 0.356 e. The van der Waals surface area contributed by atoms with Crippen LogP contribution in [0.4, 0.5) is 5.69 Å².